The summed E-state index contributed by atoms with van der Waals surface area (Å²) in [4.78, 5) is 4.04. The van der Waals surface area contributed by atoms with Gasteiger partial charge in [0.1, 0.15) is 5.69 Å². The van der Waals surface area contributed by atoms with Crippen molar-refractivity contribution >= 4 is 23.0 Å². The van der Waals surface area contributed by atoms with Gasteiger partial charge in [0, 0.05) is 12.3 Å². The van der Waals surface area contributed by atoms with Gasteiger partial charge in [0.2, 0.25) is 0 Å². The first kappa shape index (κ1) is 14.4. The van der Waals surface area contributed by atoms with Gasteiger partial charge in [0.15, 0.2) is 5.69 Å². The monoisotopic (exact) mass is 317 g/mol. The molecule has 0 amide bonds. The molecule has 0 radical (unpaired) electrons. The summed E-state index contributed by atoms with van der Waals surface area (Å²) in [5.41, 5.74) is 4.20. The summed E-state index contributed by atoms with van der Waals surface area (Å²) in [6.45, 7) is 0. The van der Waals surface area contributed by atoms with E-state index in [0.29, 0.717) is 11.6 Å². The van der Waals surface area contributed by atoms with Crippen molar-refractivity contribution in [2.45, 2.75) is 0 Å². The Kier molecular flexibility index (Phi) is 3.66. The molecule has 0 saturated heterocycles. The largest absolute Gasteiger partial charge is 0.601 e. The number of nitrogens with zero attached hydrogens (tertiary/aromatic N) is 2. The molecule has 0 aliphatic carbocycles. The Morgan fingerprint density at radius 3 is 2.62 bits per heavy atom. The minimum Gasteiger partial charge on any atom is -0.601 e. The molecule has 3 aromatic rings. The molecular weight excluding hydrogens is 302 g/mol. The fourth-order valence-corrected chi connectivity index (χ4v) is 2.59. The molecule has 24 heavy (non-hydrogen) atoms. The fraction of sp³-hybridized carbons (Fsp3) is 0. The molecule has 0 bridgehead atoms. The first-order valence-corrected chi connectivity index (χ1v) is 7.56. The fourth-order valence-electron chi connectivity index (χ4n) is 2.59. The molecule has 6 nitrogen and oxygen atoms in total. The number of hydrogen-bond donors (Lipinski definition) is 3. The van der Waals surface area contributed by atoms with Gasteiger partial charge in [0.25, 0.3) is 5.96 Å². The van der Waals surface area contributed by atoms with Crippen molar-refractivity contribution < 1.29 is 5.17 Å². The number of rotatable bonds is 2. The van der Waals surface area contributed by atoms with E-state index in [-0.39, 0.29) is 5.17 Å². The third kappa shape index (κ3) is 2.83. The van der Waals surface area contributed by atoms with Crippen molar-refractivity contribution in [3.8, 4) is 11.1 Å². The van der Waals surface area contributed by atoms with Gasteiger partial charge in [-0.05, 0) is 40.5 Å². The average molecular weight is 317 g/mol. The van der Waals surface area contributed by atoms with Crippen LogP contribution in [0.4, 0.5) is 17.1 Å². The lowest BCUT2D eigenvalue weighted by molar-refractivity contribution is -0.783. The summed E-state index contributed by atoms with van der Waals surface area (Å²) in [5.74, 6) is 0.394. The van der Waals surface area contributed by atoms with Gasteiger partial charge in [-0.25, -0.2) is 5.17 Å². The molecule has 2 heterocycles. The van der Waals surface area contributed by atoms with Crippen LogP contribution in [0.15, 0.2) is 78.2 Å². The maximum Gasteiger partial charge on any atom is 0.260 e. The number of nitrogens with one attached hydrogen (secondary N) is 3. The van der Waals surface area contributed by atoms with Crippen LogP contribution in [-0.4, -0.2) is 10.9 Å². The van der Waals surface area contributed by atoms with E-state index in [1.807, 2.05) is 54.6 Å². The van der Waals surface area contributed by atoms with Crippen LogP contribution in [0.5, 0.6) is 0 Å². The van der Waals surface area contributed by atoms with E-state index < -0.39 is 0 Å². The number of aromatic nitrogens is 1. The maximum absolute atomic E-state index is 12.3. The van der Waals surface area contributed by atoms with Crippen LogP contribution in [0.3, 0.4) is 0 Å². The molecule has 0 fully saturated rings. The summed E-state index contributed by atoms with van der Waals surface area (Å²) < 4.78 is 0. The highest BCUT2D eigenvalue weighted by Crippen LogP contribution is 2.28. The summed E-state index contributed by atoms with van der Waals surface area (Å²) >= 11 is 0. The van der Waals surface area contributed by atoms with Gasteiger partial charge >= 0.3 is 0 Å². The Morgan fingerprint density at radius 1 is 0.958 bits per heavy atom. The summed E-state index contributed by atoms with van der Waals surface area (Å²) in [6.07, 6.45) is 3.36. The van der Waals surface area contributed by atoms with E-state index in [0.717, 1.165) is 22.5 Å². The second-order valence-corrected chi connectivity index (χ2v) is 5.38. The molecule has 3 N–H and O–H groups in total. The Bertz CT molecular complexity index is 880. The highest BCUT2D eigenvalue weighted by molar-refractivity contribution is 6.05. The highest BCUT2D eigenvalue weighted by atomic mass is 16.5. The van der Waals surface area contributed by atoms with E-state index in [1.165, 1.54) is 0 Å². The van der Waals surface area contributed by atoms with E-state index in [4.69, 9.17) is 0 Å². The number of anilines is 2. The number of quaternary nitrogens is 1. The molecule has 4 rings (SSSR count). The molecule has 1 aliphatic rings. The molecule has 1 atom stereocenters. The molecule has 1 aliphatic heterocycles. The molecular formula is C18H15N5O. The number of hydrogen-bond acceptors (Lipinski definition) is 5. The molecule has 0 spiro atoms. The number of pyridine rings is 1. The molecule has 1 unspecified atom stereocenters. The first-order valence-electron chi connectivity index (χ1n) is 7.56. The van der Waals surface area contributed by atoms with Crippen LogP contribution in [0.1, 0.15) is 0 Å². The lowest BCUT2D eigenvalue weighted by atomic mass is 10.0. The van der Waals surface area contributed by atoms with Gasteiger partial charge < -0.3 is 15.8 Å². The van der Waals surface area contributed by atoms with E-state index >= 15 is 0 Å². The standard InChI is InChI=1S/C18H15N5O/c24-23-17-9-8-14(13-5-2-1-3-6-13)11-16(17)21-18(22-23)20-15-7-4-10-19-12-15/h1-12,23H,(H2,20,21,22). The quantitative estimate of drug-likeness (QED) is 0.635. The van der Waals surface area contributed by atoms with Crippen molar-refractivity contribution in [2.24, 2.45) is 5.10 Å². The topological polar surface area (TPSA) is 76.8 Å². The molecule has 0 saturated carbocycles. The van der Waals surface area contributed by atoms with Crippen LogP contribution in [-0.2, 0) is 0 Å². The smallest absolute Gasteiger partial charge is 0.260 e. The van der Waals surface area contributed by atoms with Crippen molar-refractivity contribution in [2.75, 3.05) is 10.6 Å². The van der Waals surface area contributed by atoms with Gasteiger partial charge in [-0.1, -0.05) is 30.3 Å². The predicted molar refractivity (Wildman–Crippen MR) is 94.8 cm³/mol. The van der Waals surface area contributed by atoms with Crippen LogP contribution in [0, 0.1) is 5.21 Å². The zero-order chi connectivity index (χ0) is 16.4. The molecule has 1 aromatic heterocycles. The van der Waals surface area contributed by atoms with Crippen molar-refractivity contribution in [3.63, 3.8) is 0 Å². The van der Waals surface area contributed by atoms with Crippen LogP contribution in [0.25, 0.3) is 11.1 Å². The second-order valence-electron chi connectivity index (χ2n) is 5.38. The molecule has 2 aromatic carbocycles. The zero-order valence-electron chi connectivity index (χ0n) is 12.7. The van der Waals surface area contributed by atoms with Crippen molar-refractivity contribution in [1.82, 2.24) is 4.98 Å². The maximum atomic E-state index is 12.3. The number of guanidine groups is 1. The van der Waals surface area contributed by atoms with Gasteiger partial charge in [0.05, 0.1) is 11.9 Å². The summed E-state index contributed by atoms with van der Waals surface area (Å²) in [5, 5.41) is 22.3. The zero-order valence-corrected chi connectivity index (χ0v) is 12.7. The van der Waals surface area contributed by atoms with Gasteiger partial charge in [-0.2, -0.15) is 0 Å². The van der Waals surface area contributed by atoms with Crippen LogP contribution < -0.4 is 15.8 Å². The summed E-state index contributed by atoms with van der Waals surface area (Å²) in [7, 11) is 0. The molecule has 118 valence electrons. The highest BCUT2D eigenvalue weighted by Gasteiger charge is 2.19. The number of fused-ring (bicyclic) bond motifs is 1. The second kappa shape index (κ2) is 6.11. The van der Waals surface area contributed by atoms with Gasteiger partial charge in [-0.3, -0.25) is 4.98 Å². The van der Waals surface area contributed by atoms with Crippen molar-refractivity contribution in [3.05, 3.63) is 78.3 Å². The Balaban J connectivity index is 1.63. The third-order valence-corrected chi connectivity index (χ3v) is 3.75. The summed E-state index contributed by atoms with van der Waals surface area (Å²) in [6, 6.07) is 19.4. The molecule has 6 heteroatoms. The van der Waals surface area contributed by atoms with E-state index in [1.54, 1.807) is 18.5 Å². The lowest BCUT2D eigenvalue weighted by Gasteiger charge is -2.25. The Hall–Kier alpha value is -3.22. The number of benzene rings is 2. The SMILES string of the molecule is [O-][NH+]1N=C(Nc2cccnc2)Nc2cc(-c3ccccc3)ccc21. The third-order valence-electron chi connectivity index (χ3n) is 3.75. The van der Waals surface area contributed by atoms with Gasteiger partial charge in [-0.15, -0.1) is 0 Å². The van der Waals surface area contributed by atoms with Crippen LogP contribution >= 0.6 is 0 Å². The lowest BCUT2D eigenvalue weighted by Crippen LogP contribution is -2.98. The predicted octanol–water partition coefficient (Wildman–Crippen LogP) is 2.57. The minimum absolute atomic E-state index is 0.269. The van der Waals surface area contributed by atoms with Crippen LogP contribution in [0.2, 0.25) is 0 Å². The normalized spacial score (nSPS) is 15.9. The Morgan fingerprint density at radius 2 is 1.83 bits per heavy atom. The van der Waals surface area contributed by atoms with E-state index in [2.05, 4.69) is 20.7 Å². The van der Waals surface area contributed by atoms with Crippen molar-refractivity contribution in [1.29, 1.82) is 0 Å². The first-order chi connectivity index (χ1) is 11.8. The average Bonchev–Trinajstić information content (AvgIpc) is 2.63. The minimum atomic E-state index is -0.269. The Labute approximate surface area is 139 Å². The van der Waals surface area contributed by atoms with E-state index in [9.17, 15) is 5.21 Å².